The molecule has 0 saturated heterocycles. The summed E-state index contributed by atoms with van der Waals surface area (Å²) in [4.78, 5) is 4.24. The molecule has 1 N–H and O–H groups in total. The zero-order valence-corrected chi connectivity index (χ0v) is 11.3. The highest BCUT2D eigenvalue weighted by Crippen LogP contribution is 2.02. The minimum atomic E-state index is -2.88. The summed E-state index contributed by atoms with van der Waals surface area (Å²) in [6.07, 6.45) is 2.43. The van der Waals surface area contributed by atoms with Gasteiger partial charge >= 0.3 is 0 Å². The van der Waals surface area contributed by atoms with Crippen LogP contribution in [0.25, 0.3) is 0 Å². The molecule has 0 spiro atoms. The van der Waals surface area contributed by atoms with Crippen LogP contribution in [0.4, 0.5) is 0 Å². The van der Waals surface area contributed by atoms with Crippen molar-refractivity contribution < 1.29 is 8.42 Å². The van der Waals surface area contributed by atoms with Gasteiger partial charge in [0.25, 0.3) is 0 Å². The lowest BCUT2D eigenvalue weighted by molar-refractivity contribution is 0.588. The molecule has 0 radical (unpaired) electrons. The van der Waals surface area contributed by atoms with Crippen molar-refractivity contribution in [1.29, 1.82) is 0 Å². The van der Waals surface area contributed by atoms with E-state index in [1.807, 2.05) is 26.0 Å². The van der Waals surface area contributed by atoms with E-state index in [-0.39, 0.29) is 11.5 Å². The van der Waals surface area contributed by atoms with Crippen LogP contribution in [0.3, 0.4) is 0 Å². The summed E-state index contributed by atoms with van der Waals surface area (Å²) in [6.45, 7) is 4.98. The lowest BCUT2D eigenvalue weighted by atomic mass is 10.2. The summed E-state index contributed by atoms with van der Waals surface area (Å²) < 4.78 is 22.9. The van der Waals surface area contributed by atoms with Crippen LogP contribution in [0.2, 0.25) is 0 Å². The summed E-state index contributed by atoms with van der Waals surface area (Å²) in [5.74, 6) is 0.476. The molecule has 0 aromatic carbocycles. The Labute approximate surface area is 103 Å². The highest BCUT2D eigenvalue weighted by atomic mass is 32.2. The average molecular weight is 256 g/mol. The molecule has 4 nitrogen and oxygen atoms in total. The summed E-state index contributed by atoms with van der Waals surface area (Å²) in [7, 11) is -2.88. The Morgan fingerprint density at radius 1 is 1.35 bits per heavy atom. The largest absolute Gasteiger partial charge is 0.310 e. The first-order valence-electron chi connectivity index (χ1n) is 5.87. The first kappa shape index (κ1) is 14.1. The topological polar surface area (TPSA) is 59.1 Å². The first-order chi connectivity index (χ1) is 8.05. The minimum absolute atomic E-state index is 0.201. The fraction of sp³-hybridized carbons (Fsp3) is 0.583. The van der Waals surface area contributed by atoms with Crippen molar-refractivity contribution in [3.8, 4) is 0 Å². The SMILES string of the molecule is CCCS(=O)(=O)CCNCc1ncccc1C. The van der Waals surface area contributed by atoms with Gasteiger partial charge < -0.3 is 5.32 Å². The van der Waals surface area contributed by atoms with Crippen LogP contribution in [-0.2, 0) is 16.4 Å². The van der Waals surface area contributed by atoms with Gasteiger partial charge in [-0.2, -0.15) is 0 Å². The Morgan fingerprint density at radius 2 is 2.12 bits per heavy atom. The number of sulfone groups is 1. The number of hydrogen-bond donors (Lipinski definition) is 1. The number of rotatable bonds is 7. The van der Waals surface area contributed by atoms with Crippen LogP contribution in [0.1, 0.15) is 24.6 Å². The van der Waals surface area contributed by atoms with Crippen LogP contribution in [0, 0.1) is 6.92 Å². The lowest BCUT2D eigenvalue weighted by Gasteiger charge is -2.07. The highest BCUT2D eigenvalue weighted by Gasteiger charge is 2.08. The second-order valence-electron chi connectivity index (χ2n) is 4.10. The Kier molecular flexibility index (Phi) is 5.58. The maximum absolute atomic E-state index is 11.5. The summed E-state index contributed by atoms with van der Waals surface area (Å²) >= 11 is 0. The van der Waals surface area contributed by atoms with Crippen molar-refractivity contribution in [1.82, 2.24) is 10.3 Å². The fourth-order valence-electron chi connectivity index (χ4n) is 1.55. The molecule has 0 aliphatic carbocycles. The predicted molar refractivity (Wildman–Crippen MR) is 69.6 cm³/mol. The van der Waals surface area contributed by atoms with Gasteiger partial charge in [0, 0.05) is 25.0 Å². The summed E-state index contributed by atoms with van der Waals surface area (Å²) in [6, 6.07) is 3.89. The van der Waals surface area contributed by atoms with Crippen molar-refractivity contribution in [2.24, 2.45) is 0 Å². The monoisotopic (exact) mass is 256 g/mol. The molecule has 0 aliphatic rings. The van der Waals surface area contributed by atoms with E-state index < -0.39 is 9.84 Å². The van der Waals surface area contributed by atoms with Gasteiger partial charge in [-0.05, 0) is 25.0 Å². The van der Waals surface area contributed by atoms with Crippen LogP contribution in [-0.4, -0.2) is 31.5 Å². The Bertz CT molecular complexity index is 444. The van der Waals surface area contributed by atoms with E-state index in [2.05, 4.69) is 10.3 Å². The number of hydrogen-bond acceptors (Lipinski definition) is 4. The number of pyridine rings is 1. The van der Waals surface area contributed by atoms with Crippen LogP contribution < -0.4 is 5.32 Å². The van der Waals surface area contributed by atoms with E-state index in [0.29, 0.717) is 19.5 Å². The average Bonchev–Trinajstić information content (AvgIpc) is 2.26. The molecular weight excluding hydrogens is 236 g/mol. The van der Waals surface area contributed by atoms with Crippen molar-refractivity contribution >= 4 is 9.84 Å². The van der Waals surface area contributed by atoms with E-state index in [9.17, 15) is 8.42 Å². The van der Waals surface area contributed by atoms with Crippen LogP contribution >= 0.6 is 0 Å². The molecular formula is C12H20N2O2S. The van der Waals surface area contributed by atoms with Crippen LogP contribution in [0.15, 0.2) is 18.3 Å². The Morgan fingerprint density at radius 3 is 2.76 bits per heavy atom. The number of aryl methyl sites for hydroxylation is 1. The van der Waals surface area contributed by atoms with Gasteiger partial charge in [0.05, 0.1) is 11.4 Å². The molecule has 0 saturated carbocycles. The van der Waals surface area contributed by atoms with Gasteiger partial charge in [-0.15, -0.1) is 0 Å². The van der Waals surface area contributed by atoms with Crippen molar-refractivity contribution in [2.75, 3.05) is 18.1 Å². The van der Waals surface area contributed by atoms with Crippen molar-refractivity contribution in [3.63, 3.8) is 0 Å². The van der Waals surface area contributed by atoms with Crippen LogP contribution in [0.5, 0.6) is 0 Å². The summed E-state index contributed by atoms with van der Waals surface area (Å²) in [5, 5.41) is 3.12. The summed E-state index contributed by atoms with van der Waals surface area (Å²) in [5.41, 5.74) is 2.09. The van der Waals surface area contributed by atoms with E-state index in [1.165, 1.54) is 0 Å². The molecule has 0 amide bonds. The van der Waals surface area contributed by atoms with E-state index in [1.54, 1.807) is 6.20 Å². The van der Waals surface area contributed by atoms with Gasteiger partial charge in [0.2, 0.25) is 0 Å². The molecule has 1 aromatic heterocycles. The zero-order chi connectivity index (χ0) is 12.7. The molecule has 0 unspecified atom stereocenters. The van der Waals surface area contributed by atoms with Gasteiger partial charge in [-0.25, -0.2) is 8.42 Å². The lowest BCUT2D eigenvalue weighted by Crippen LogP contribution is -2.24. The number of aromatic nitrogens is 1. The third-order valence-corrected chi connectivity index (χ3v) is 4.37. The quantitative estimate of drug-likeness (QED) is 0.747. The van der Waals surface area contributed by atoms with Gasteiger partial charge in [-0.3, -0.25) is 4.98 Å². The normalized spacial score (nSPS) is 11.6. The molecule has 96 valence electrons. The van der Waals surface area contributed by atoms with Crippen molar-refractivity contribution in [3.05, 3.63) is 29.6 Å². The Balaban J connectivity index is 2.32. The molecule has 1 aromatic rings. The van der Waals surface area contributed by atoms with Gasteiger partial charge in [-0.1, -0.05) is 13.0 Å². The van der Waals surface area contributed by atoms with E-state index in [0.717, 1.165) is 11.3 Å². The fourth-order valence-corrected chi connectivity index (χ4v) is 2.83. The van der Waals surface area contributed by atoms with E-state index >= 15 is 0 Å². The highest BCUT2D eigenvalue weighted by molar-refractivity contribution is 7.91. The number of nitrogens with zero attached hydrogens (tertiary/aromatic N) is 1. The molecule has 17 heavy (non-hydrogen) atoms. The van der Waals surface area contributed by atoms with Gasteiger partial charge in [0.15, 0.2) is 9.84 Å². The standard InChI is InChI=1S/C12H20N2O2S/c1-3-8-17(15,16)9-7-13-10-12-11(2)5-4-6-14-12/h4-6,13H,3,7-10H2,1-2H3. The minimum Gasteiger partial charge on any atom is -0.310 e. The smallest absolute Gasteiger partial charge is 0.151 e. The molecule has 5 heteroatoms. The molecule has 0 atom stereocenters. The van der Waals surface area contributed by atoms with E-state index in [4.69, 9.17) is 0 Å². The maximum Gasteiger partial charge on any atom is 0.151 e. The predicted octanol–water partition coefficient (Wildman–Crippen LogP) is 1.30. The molecule has 0 bridgehead atoms. The van der Waals surface area contributed by atoms with Crippen molar-refractivity contribution in [2.45, 2.75) is 26.8 Å². The third-order valence-electron chi connectivity index (χ3n) is 2.52. The molecule has 1 rings (SSSR count). The second-order valence-corrected chi connectivity index (χ2v) is 6.40. The third kappa shape index (κ3) is 5.28. The molecule has 1 heterocycles. The molecule has 0 fully saturated rings. The van der Waals surface area contributed by atoms with Gasteiger partial charge in [0.1, 0.15) is 0 Å². The Hall–Kier alpha value is -0.940. The number of nitrogens with one attached hydrogen (secondary N) is 1. The molecule has 0 aliphatic heterocycles. The second kappa shape index (κ2) is 6.71. The first-order valence-corrected chi connectivity index (χ1v) is 7.69. The zero-order valence-electron chi connectivity index (χ0n) is 10.4. The maximum atomic E-state index is 11.5.